The molecule has 1 amide bonds. The molecule has 9 nitrogen and oxygen atoms in total. The van der Waals surface area contributed by atoms with E-state index < -0.39 is 6.61 Å². The molecule has 0 radical (unpaired) electrons. The van der Waals surface area contributed by atoms with Gasteiger partial charge in [-0.25, -0.2) is 0 Å². The molecule has 0 saturated carbocycles. The number of carbonyl (C=O) groups excluding carboxylic acids is 1. The predicted molar refractivity (Wildman–Crippen MR) is 118 cm³/mol. The molecule has 0 atom stereocenters. The fourth-order valence-corrected chi connectivity index (χ4v) is 4.35. The van der Waals surface area contributed by atoms with E-state index in [1.165, 1.54) is 30.3 Å². The molecule has 0 aliphatic carbocycles. The molecule has 1 aliphatic heterocycles. The second-order valence-corrected chi connectivity index (χ2v) is 8.56. The molecular weight excluding hydrogens is 454 g/mol. The van der Waals surface area contributed by atoms with Crippen molar-refractivity contribution in [3.8, 4) is 11.4 Å². The first kappa shape index (κ1) is 23.2. The minimum Gasteiger partial charge on any atom is -0.435 e. The zero-order valence-electron chi connectivity index (χ0n) is 18.0. The van der Waals surface area contributed by atoms with Crippen LogP contribution in [0.15, 0.2) is 40.0 Å². The van der Waals surface area contributed by atoms with Crippen molar-refractivity contribution in [1.29, 1.82) is 0 Å². The summed E-state index contributed by atoms with van der Waals surface area (Å²) >= 11 is 1.22. The van der Waals surface area contributed by atoms with Crippen molar-refractivity contribution in [3.05, 3.63) is 41.9 Å². The van der Waals surface area contributed by atoms with Crippen LogP contribution < -0.4 is 10.1 Å². The monoisotopic (exact) mass is 478 g/mol. The van der Waals surface area contributed by atoms with Gasteiger partial charge in [0.25, 0.3) is 0 Å². The number of hydrogen-bond acceptors (Lipinski definition) is 8. The van der Waals surface area contributed by atoms with Crippen LogP contribution in [0.25, 0.3) is 5.69 Å². The van der Waals surface area contributed by atoms with Crippen LogP contribution in [-0.4, -0.2) is 56.2 Å². The number of likely N-dealkylation sites (tertiary alicyclic amines) is 1. The molecule has 0 spiro atoms. The number of nitrogens with one attached hydrogen (secondary N) is 1. The van der Waals surface area contributed by atoms with Crippen LogP contribution in [0.3, 0.4) is 0 Å². The maximum atomic E-state index is 12.5. The lowest BCUT2D eigenvalue weighted by atomic mass is 10.1. The number of piperidine rings is 1. The molecule has 0 bridgehead atoms. The number of halogens is 2. The number of thioether (sulfide) groups is 1. The Labute approximate surface area is 193 Å². The third-order valence-corrected chi connectivity index (χ3v) is 5.99. The number of amides is 1. The first-order chi connectivity index (χ1) is 16.0. The van der Waals surface area contributed by atoms with E-state index >= 15 is 0 Å². The van der Waals surface area contributed by atoms with Crippen LogP contribution in [0.2, 0.25) is 0 Å². The molecule has 1 fully saturated rings. The van der Waals surface area contributed by atoms with Crippen molar-refractivity contribution in [3.63, 3.8) is 0 Å². The molecule has 176 valence electrons. The molecule has 1 saturated heterocycles. The van der Waals surface area contributed by atoms with Crippen molar-refractivity contribution in [1.82, 2.24) is 24.8 Å². The number of nitrogens with zero attached hydrogens (tertiary/aromatic N) is 5. The summed E-state index contributed by atoms with van der Waals surface area (Å²) in [5.41, 5.74) is 1.36. The Hall–Kier alpha value is -2.99. The van der Waals surface area contributed by atoms with Crippen LogP contribution in [0.4, 0.5) is 14.7 Å². The SMILES string of the molecule is Cc1cc(NC(=O)CSc2nnc(CN3CCCCC3)n2-c2ccc(OC(F)F)cc2)on1. The quantitative estimate of drug-likeness (QED) is 0.463. The van der Waals surface area contributed by atoms with E-state index in [1.54, 1.807) is 25.1 Å². The number of rotatable bonds is 9. The Bertz CT molecular complexity index is 1070. The van der Waals surface area contributed by atoms with Gasteiger partial charge in [0.1, 0.15) is 5.75 Å². The molecule has 2 aromatic heterocycles. The Morgan fingerprint density at radius 1 is 1.21 bits per heavy atom. The molecule has 3 aromatic rings. The smallest absolute Gasteiger partial charge is 0.387 e. The Morgan fingerprint density at radius 2 is 1.97 bits per heavy atom. The van der Waals surface area contributed by atoms with Gasteiger partial charge in [0.15, 0.2) is 11.0 Å². The van der Waals surface area contributed by atoms with E-state index in [0.717, 1.165) is 25.9 Å². The number of anilines is 1. The molecule has 1 aromatic carbocycles. The molecule has 1 N–H and O–H groups in total. The number of alkyl halides is 2. The highest BCUT2D eigenvalue weighted by Gasteiger charge is 2.20. The van der Waals surface area contributed by atoms with Gasteiger partial charge in [0.2, 0.25) is 11.8 Å². The lowest BCUT2D eigenvalue weighted by Gasteiger charge is -2.26. The van der Waals surface area contributed by atoms with Crippen molar-refractivity contribution in [2.75, 3.05) is 24.2 Å². The lowest BCUT2D eigenvalue weighted by Crippen LogP contribution is -2.30. The summed E-state index contributed by atoms with van der Waals surface area (Å²) in [6, 6.07) is 7.91. The normalized spacial score (nSPS) is 14.5. The van der Waals surface area contributed by atoms with E-state index in [9.17, 15) is 13.6 Å². The van der Waals surface area contributed by atoms with Gasteiger partial charge < -0.3 is 9.26 Å². The number of ether oxygens (including phenoxy) is 1. The highest BCUT2D eigenvalue weighted by molar-refractivity contribution is 7.99. The van der Waals surface area contributed by atoms with Gasteiger partial charge in [-0.1, -0.05) is 23.3 Å². The zero-order chi connectivity index (χ0) is 23.2. The first-order valence-electron chi connectivity index (χ1n) is 10.6. The van der Waals surface area contributed by atoms with E-state index in [2.05, 4.69) is 30.3 Å². The molecule has 0 unspecified atom stereocenters. The summed E-state index contributed by atoms with van der Waals surface area (Å²) in [5, 5.41) is 15.6. The third kappa shape index (κ3) is 6.29. The van der Waals surface area contributed by atoms with Crippen LogP contribution >= 0.6 is 11.8 Å². The van der Waals surface area contributed by atoms with Gasteiger partial charge in [0, 0.05) is 11.8 Å². The summed E-state index contributed by atoms with van der Waals surface area (Å²) in [6.45, 7) is 1.44. The lowest BCUT2D eigenvalue weighted by molar-refractivity contribution is -0.113. The highest BCUT2D eigenvalue weighted by Crippen LogP contribution is 2.26. The van der Waals surface area contributed by atoms with Crippen molar-refractivity contribution in [2.24, 2.45) is 0 Å². The van der Waals surface area contributed by atoms with E-state index in [0.29, 0.717) is 28.9 Å². The van der Waals surface area contributed by atoms with Crippen LogP contribution in [0.5, 0.6) is 5.75 Å². The Morgan fingerprint density at radius 3 is 2.64 bits per heavy atom. The van der Waals surface area contributed by atoms with Crippen LogP contribution in [0, 0.1) is 6.92 Å². The van der Waals surface area contributed by atoms with Crippen molar-refractivity contribution in [2.45, 2.75) is 44.5 Å². The third-order valence-electron chi connectivity index (χ3n) is 5.06. The number of aryl methyl sites for hydroxylation is 1. The fourth-order valence-electron chi connectivity index (χ4n) is 3.58. The topological polar surface area (TPSA) is 98.3 Å². The molecular formula is C21H24F2N6O3S. The fraction of sp³-hybridized carbons (Fsp3) is 0.429. The van der Waals surface area contributed by atoms with Crippen molar-refractivity contribution >= 4 is 23.6 Å². The summed E-state index contributed by atoms with van der Waals surface area (Å²) in [4.78, 5) is 14.7. The summed E-state index contributed by atoms with van der Waals surface area (Å²) in [5.74, 6) is 0.862. The van der Waals surface area contributed by atoms with Gasteiger partial charge in [-0.2, -0.15) is 8.78 Å². The van der Waals surface area contributed by atoms with Gasteiger partial charge in [-0.3, -0.25) is 19.6 Å². The number of benzene rings is 1. The molecule has 4 rings (SSSR count). The maximum Gasteiger partial charge on any atom is 0.387 e. The van der Waals surface area contributed by atoms with Gasteiger partial charge in [0.05, 0.1) is 18.0 Å². The molecule has 3 heterocycles. The first-order valence-corrected chi connectivity index (χ1v) is 11.5. The van der Waals surface area contributed by atoms with E-state index in [4.69, 9.17) is 4.52 Å². The summed E-state index contributed by atoms with van der Waals surface area (Å²) in [7, 11) is 0. The highest BCUT2D eigenvalue weighted by atomic mass is 32.2. The predicted octanol–water partition coefficient (Wildman–Crippen LogP) is 3.88. The van der Waals surface area contributed by atoms with Crippen LogP contribution in [-0.2, 0) is 11.3 Å². The Kier molecular flexibility index (Phi) is 7.55. The number of carbonyl (C=O) groups is 1. The van der Waals surface area contributed by atoms with E-state index in [1.807, 2.05) is 4.57 Å². The van der Waals surface area contributed by atoms with Gasteiger partial charge >= 0.3 is 6.61 Å². The average Bonchev–Trinajstić information content (AvgIpc) is 3.39. The molecule has 12 heteroatoms. The summed E-state index contributed by atoms with van der Waals surface area (Å²) < 4.78 is 36.3. The minimum atomic E-state index is -2.89. The maximum absolute atomic E-state index is 12.5. The molecule has 33 heavy (non-hydrogen) atoms. The zero-order valence-corrected chi connectivity index (χ0v) is 18.9. The standard InChI is InChI=1S/C21H24F2N6O3S/c1-14-11-19(32-27-14)24-18(30)13-33-21-26-25-17(12-28-9-3-2-4-10-28)29(21)15-5-7-16(8-6-15)31-20(22)23/h5-8,11,20H,2-4,9-10,12-13H2,1H3,(H,24,30). The van der Waals surface area contributed by atoms with Gasteiger partial charge in [-0.15, -0.1) is 10.2 Å². The van der Waals surface area contributed by atoms with Gasteiger partial charge in [-0.05, 0) is 57.1 Å². The van der Waals surface area contributed by atoms with E-state index in [-0.39, 0.29) is 23.3 Å². The largest absolute Gasteiger partial charge is 0.435 e. The number of aromatic nitrogens is 4. The molecule has 1 aliphatic rings. The Balaban J connectivity index is 1.52. The van der Waals surface area contributed by atoms with Crippen molar-refractivity contribution < 1.29 is 22.8 Å². The second-order valence-electron chi connectivity index (χ2n) is 7.61. The minimum absolute atomic E-state index is 0.0651. The number of hydrogen-bond donors (Lipinski definition) is 1. The summed E-state index contributed by atoms with van der Waals surface area (Å²) in [6.07, 6.45) is 3.49. The average molecular weight is 479 g/mol. The van der Waals surface area contributed by atoms with Crippen LogP contribution in [0.1, 0.15) is 30.8 Å². The second kappa shape index (κ2) is 10.8.